The van der Waals surface area contributed by atoms with E-state index in [0.29, 0.717) is 12.4 Å². The fourth-order valence-electron chi connectivity index (χ4n) is 3.24. The van der Waals surface area contributed by atoms with E-state index in [4.69, 9.17) is 5.11 Å². The number of aryl methyl sites for hydroxylation is 1. The molecule has 1 amide bonds. The van der Waals surface area contributed by atoms with Crippen molar-refractivity contribution in [2.45, 2.75) is 32.6 Å². The molecule has 2 aromatic rings. The van der Waals surface area contributed by atoms with Crippen molar-refractivity contribution in [2.24, 2.45) is 0 Å². The molecule has 0 saturated carbocycles. The molecule has 0 bridgehead atoms. The summed E-state index contributed by atoms with van der Waals surface area (Å²) in [6.45, 7) is 4.94. The molecule has 1 aliphatic rings. The van der Waals surface area contributed by atoms with Crippen LogP contribution in [0.2, 0.25) is 0 Å². The summed E-state index contributed by atoms with van der Waals surface area (Å²) < 4.78 is 0. The zero-order valence-electron chi connectivity index (χ0n) is 14.4. The number of hydrogen-bond acceptors (Lipinski definition) is 4. The Hall–Kier alpha value is -2.76. The zero-order chi connectivity index (χ0) is 18.0. The molecule has 1 N–H and O–H groups in total. The molecule has 6 nitrogen and oxygen atoms in total. The van der Waals surface area contributed by atoms with E-state index in [0.717, 1.165) is 36.3 Å². The van der Waals surface area contributed by atoms with Gasteiger partial charge >= 0.3 is 5.97 Å². The molecule has 1 aliphatic heterocycles. The molecule has 0 spiro atoms. The maximum absolute atomic E-state index is 11.7. The van der Waals surface area contributed by atoms with Crippen molar-refractivity contribution in [3.05, 3.63) is 47.4 Å². The largest absolute Gasteiger partial charge is 0.478 e. The molecular formula is C19H21N3O3. The molecule has 1 unspecified atom stereocenters. The lowest BCUT2D eigenvalue weighted by Gasteiger charge is -2.32. The highest BCUT2D eigenvalue weighted by Gasteiger charge is 2.24. The molecule has 3 rings (SSSR count). The Labute approximate surface area is 146 Å². The molecule has 1 fully saturated rings. The van der Waals surface area contributed by atoms with E-state index < -0.39 is 5.97 Å². The first-order valence-electron chi connectivity index (χ1n) is 8.39. The first-order valence-corrected chi connectivity index (χ1v) is 8.39. The molecule has 1 aromatic heterocycles. The van der Waals surface area contributed by atoms with Crippen molar-refractivity contribution >= 4 is 11.9 Å². The lowest BCUT2D eigenvalue weighted by molar-refractivity contribution is -0.130. The highest BCUT2D eigenvalue weighted by Crippen LogP contribution is 2.28. The third kappa shape index (κ3) is 3.84. The van der Waals surface area contributed by atoms with Crippen LogP contribution in [0.4, 0.5) is 0 Å². The summed E-state index contributed by atoms with van der Waals surface area (Å²) in [6.07, 6.45) is 1.97. The maximum Gasteiger partial charge on any atom is 0.335 e. The monoisotopic (exact) mass is 339 g/mol. The van der Waals surface area contributed by atoms with Crippen LogP contribution in [-0.4, -0.2) is 44.9 Å². The number of piperidine rings is 1. The number of likely N-dealkylation sites (tertiary alicyclic amines) is 1. The Morgan fingerprint density at radius 3 is 2.56 bits per heavy atom. The summed E-state index contributed by atoms with van der Waals surface area (Å²) in [5.74, 6) is 0.0313. The van der Waals surface area contributed by atoms with Gasteiger partial charge in [0.05, 0.1) is 11.3 Å². The van der Waals surface area contributed by atoms with E-state index >= 15 is 0 Å². The number of benzene rings is 1. The molecule has 25 heavy (non-hydrogen) atoms. The predicted octanol–water partition coefficient (Wildman–Crippen LogP) is 2.88. The minimum atomic E-state index is -0.947. The van der Waals surface area contributed by atoms with Gasteiger partial charge in [-0.2, -0.15) is 0 Å². The summed E-state index contributed by atoms with van der Waals surface area (Å²) in [7, 11) is 0. The number of aromatic carboxylic acids is 1. The standard InChI is InChI=1S/C19H21N3O3/c1-12-20-17(14-5-7-15(8-6-14)19(24)25)10-18(21-12)16-4-3-9-22(11-16)13(2)23/h5-8,10,16H,3-4,9,11H2,1-2H3,(H,24,25). The minimum absolute atomic E-state index is 0.0972. The quantitative estimate of drug-likeness (QED) is 0.929. The van der Waals surface area contributed by atoms with Crippen LogP contribution in [0.3, 0.4) is 0 Å². The SMILES string of the molecule is CC(=O)N1CCCC(c2cc(-c3ccc(C(=O)O)cc3)nc(C)n2)C1. The Kier molecular flexibility index (Phi) is 4.79. The van der Waals surface area contributed by atoms with E-state index in [1.807, 2.05) is 17.9 Å². The molecule has 0 aliphatic carbocycles. The fraction of sp³-hybridized carbons (Fsp3) is 0.368. The number of carboxylic acids is 1. The van der Waals surface area contributed by atoms with Crippen molar-refractivity contribution in [1.29, 1.82) is 0 Å². The van der Waals surface area contributed by atoms with Gasteiger partial charge in [-0.05, 0) is 38.0 Å². The van der Waals surface area contributed by atoms with Crippen molar-refractivity contribution in [3.63, 3.8) is 0 Å². The summed E-state index contributed by atoms with van der Waals surface area (Å²) in [5, 5.41) is 9.02. The third-order valence-electron chi connectivity index (χ3n) is 4.57. The molecule has 1 atom stereocenters. The molecule has 1 saturated heterocycles. The van der Waals surface area contributed by atoms with Gasteiger partial charge in [0, 0.05) is 37.2 Å². The number of carboxylic acid groups (broad SMARTS) is 1. The number of carbonyl (C=O) groups is 2. The second-order valence-electron chi connectivity index (χ2n) is 6.41. The number of amides is 1. The van der Waals surface area contributed by atoms with Crippen LogP contribution < -0.4 is 0 Å². The highest BCUT2D eigenvalue weighted by molar-refractivity contribution is 5.88. The van der Waals surface area contributed by atoms with E-state index in [-0.39, 0.29) is 17.4 Å². The van der Waals surface area contributed by atoms with E-state index in [1.54, 1.807) is 31.2 Å². The van der Waals surface area contributed by atoms with Gasteiger partial charge in [-0.15, -0.1) is 0 Å². The number of nitrogens with zero attached hydrogens (tertiary/aromatic N) is 3. The minimum Gasteiger partial charge on any atom is -0.478 e. The molecule has 0 radical (unpaired) electrons. The Morgan fingerprint density at radius 1 is 1.20 bits per heavy atom. The van der Waals surface area contributed by atoms with Crippen molar-refractivity contribution < 1.29 is 14.7 Å². The number of hydrogen-bond donors (Lipinski definition) is 1. The van der Waals surface area contributed by atoms with Crippen LogP contribution in [0.15, 0.2) is 30.3 Å². The van der Waals surface area contributed by atoms with Crippen LogP contribution in [0.1, 0.15) is 47.6 Å². The molecule has 6 heteroatoms. The van der Waals surface area contributed by atoms with Crippen molar-refractivity contribution in [3.8, 4) is 11.3 Å². The van der Waals surface area contributed by atoms with Gasteiger partial charge in [-0.1, -0.05) is 12.1 Å². The third-order valence-corrected chi connectivity index (χ3v) is 4.57. The topological polar surface area (TPSA) is 83.4 Å². The van der Waals surface area contributed by atoms with Crippen LogP contribution in [0, 0.1) is 6.92 Å². The second kappa shape index (κ2) is 7.01. The summed E-state index contributed by atoms with van der Waals surface area (Å²) >= 11 is 0. The Balaban J connectivity index is 1.90. The molecule has 2 heterocycles. The van der Waals surface area contributed by atoms with E-state index in [9.17, 15) is 9.59 Å². The maximum atomic E-state index is 11.7. The van der Waals surface area contributed by atoms with Crippen molar-refractivity contribution in [2.75, 3.05) is 13.1 Å². The number of carbonyl (C=O) groups excluding carboxylic acids is 1. The van der Waals surface area contributed by atoms with Gasteiger partial charge in [0.2, 0.25) is 5.91 Å². The van der Waals surface area contributed by atoms with E-state index in [1.165, 1.54) is 0 Å². The molecule has 130 valence electrons. The fourth-order valence-corrected chi connectivity index (χ4v) is 3.24. The summed E-state index contributed by atoms with van der Waals surface area (Å²) in [4.78, 5) is 33.6. The van der Waals surface area contributed by atoms with Gasteiger partial charge in [0.25, 0.3) is 0 Å². The molecule has 1 aromatic carbocycles. The predicted molar refractivity (Wildman–Crippen MR) is 93.4 cm³/mol. The first-order chi connectivity index (χ1) is 11.9. The van der Waals surface area contributed by atoms with Gasteiger partial charge in [0.1, 0.15) is 5.82 Å². The Morgan fingerprint density at radius 2 is 1.92 bits per heavy atom. The zero-order valence-corrected chi connectivity index (χ0v) is 14.4. The average molecular weight is 339 g/mol. The second-order valence-corrected chi connectivity index (χ2v) is 6.41. The first kappa shape index (κ1) is 17.1. The lowest BCUT2D eigenvalue weighted by atomic mass is 9.93. The van der Waals surface area contributed by atoms with Crippen molar-refractivity contribution in [1.82, 2.24) is 14.9 Å². The Bertz CT molecular complexity index is 802. The van der Waals surface area contributed by atoms with Gasteiger partial charge < -0.3 is 10.0 Å². The van der Waals surface area contributed by atoms with Crippen LogP contribution in [0.5, 0.6) is 0 Å². The smallest absolute Gasteiger partial charge is 0.335 e. The lowest BCUT2D eigenvalue weighted by Crippen LogP contribution is -2.37. The summed E-state index contributed by atoms with van der Waals surface area (Å²) in [6, 6.07) is 8.63. The van der Waals surface area contributed by atoms with Crippen LogP contribution in [0.25, 0.3) is 11.3 Å². The summed E-state index contributed by atoms with van der Waals surface area (Å²) in [5.41, 5.74) is 2.82. The number of aromatic nitrogens is 2. The number of rotatable bonds is 3. The van der Waals surface area contributed by atoms with Crippen LogP contribution >= 0.6 is 0 Å². The van der Waals surface area contributed by atoms with Gasteiger partial charge in [-0.25, -0.2) is 14.8 Å². The van der Waals surface area contributed by atoms with Crippen LogP contribution in [-0.2, 0) is 4.79 Å². The van der Waals surface area contributed by atoms with E-state index in [2.05, 4.69) is 9.97 Å². The normalized spacial score (nSPS) is 17.4. The average Bonchev–Trinajstić information content (AvgIpc) is 2.61. The molecular weight excluding hydrogens is 318 g/mol. The van der Waals surface area contributed by atoms with Gasteiger partial charge in [0.15, 0.2) is 0 Å². The van der Waals surface area contributed by atoms with Gasteiger partial charge in [-0.3, -0.25) is 4.79 Å². The highest BCUT2D eigenvalue weighted by atomic mass is 16.4.